The average molecular weight is 643 g/mol. The zero-order valence-corrected chi connectivity index (χ0v) is 30.4. The molecule has 0 saturated carbocycles. The number of unbranched alkanes of at least 4 members (excludes halogenated alkanes) is 18. The van der Waals surface area contributed by atoms with Crippen LogP contribution in [0, 0.1) is 0 Å². The third kappa shape index (κ3) is 36.4. The zero-order valence-electron chi connectivity index (χ0n) is 30.4. The molecular formula is C42H74O4. The summed E-state index contributed by atoms with van der Waals surface area (Å²) in [6.07, 6.45) is 50.1. The van der Waals surface area contributed by atoms with E-state index >= 15 is 0 Å². The highest BCUT2D eigenvalue weighted by Gasteiger charge is 2.14. The third-order valence-corrected chi connectivity index (χ3v) is 8.55. The summed E-state index contributed by atoms with van der Waals surface area (Å²) in [6, 6.07) is 0. The molecule has 46 heavy (non-hydrogen) atoms. The summed E-state index contributed by atoms with van der Waals surface area (Å²) in [5.41, 5.74) is 0. The Balaban J connectivity index is 3.93. The van der Waals surface area contributed by atoms with Gasteiger partial charge in [0, 0.05) is 12.8 Å². The Labute approximate surface area is 285 Å². The SMILES string of the molecule is CCCCC/C=C\C/C=C\C/C=C\C/C=C\CCCC(=O)OC(CCCCCC)CCCCCCCCCCCCCCC(=O)O. The second-order valence-corrected chi connectivity index (χ2v) is 13.1. The molecule has 1 unspecified atom stereocenters. The summed E-state index contributed by atoms with van der Waals surface area (Å²) in [5.74, 6) is -0.688. The Morgan fingerprint density at radius 2 is 0.870 bits per heavy atom. The lowest BCUT2D eigenvalue weighted by Crippen LogP contribution is -2.18. The lowest BCUT2D eigenvalue weighted by atomic mass is 10.0. The highest BCUT2D eigenvalue weighted by Crippen LogP contribution is 2.18. The zero-order chi connectivity index (χ0) is 33.6. The number of hydrogen-bond donors (Lipinski definition) is 1. The third-order valence-electron chi connectivity index (χ3n) is 8.55. The topological polar surface area (TPSA) is 63.6 Å². The first kappa shape index (κ1) is 43.9. The summed E-state index contributed by atoms with van der Waals surface area (Å²) in [6.45, 7) is 4.48. The molecule has 1 N–H and O–H groups in total. The Hall–Kier alpha value is -2.10. The van der Waals surface area contributed by atoms with Crippen LogP contribution < -0.4 is 0 Å². The minimum atomic E-state index is -0.673. The van der Waals surface area contributed by atoms with Crippen LogP contribution in [0.4, 0.5) is 0 Å². The van der Waals surface area contributed by atoms with Gasteiger partial charge in [0.15, 0.2) is 0 Å². The van der Waals surface area contributed by atoms with E-state index in [0.29, 0.717) is 12.8 Å². The van der Waals surface area contributed by atoms with Gasteiger partial charge in [-0.3, -0.25) is 9.59 Å². The molecule has 0 aliphatic carbocycles. The summed E-state index contributed by atoms with van der Waals surface area (Å²) >= 11 is 0. The van der Waals surface area contributed by atoms with Crippen LogP contribution in [0.3, 0.4) is 0 Å². The van der Waals surface area contributed by atoms with E-state index in [1.807, 2.05) is 0 Å². The number of allylic oxidation sites excluding steroid dienone is 8. The normalized spacial score (nSPS) is 12.7. The number of carboxylic acid groups (broad SMARTS) is 1. The van der Waals surface area contributed by atoms with Crippen molar-refractivity contribution < 1.29 is 19.4 Å². The molecule has 0 bridgehead atoms. The van der Waals surface area contributed by atoms with Gasteiger partial charge in [0.05, 0.1) is 0 Å². The number of carboxylic acids is 1. The molecule has 266 valence electrons. The maximum absolute atomic E-state index is 12.6. The number of carbonyl (C=O) groups is 2. The Kier molecular flexibility index (Phi) is 35.7. The van der Waals surface area contributed by atoms with Crippen LogP contribution in [0.5, 0.6) is 0 Å². The van der Waals surface area contributed by atoms with Crippen LogP contribution in [0.1, 0.15) is 200 Å². The average Bonchev–Trinajstić information content (AvgIpc) is 3.04. The van der Waals surface area contributed by atoms with Gasteiger partial charge in [-0.1, -0.05) is 159 Å². The van der Waals surface area contributed by atoms with Crippen molar-refractivity contribution in [2.24, 2.45) is 0 Å². The molecular weight excluding hydrogens is 568 g/mol. The molecule has 0 aromatic heterocycles. The number of aliphatic carboxylic acids is 1. The molecule has 0 heterocycles. The van der Waals surface area contributed by atoms with Crippen LogP contribution in [0.25, 0.3) is 0 Å². The van der Waals surface area contributed by atoms with Gasteiger partial charge < -0.3 is 9.84 Å². The molecule has 0 aromatic carbocycles. The molecule has 0 amide bonds. The maximum atomic E-state index is 12.6. The summed E-state index contributed by atoms with van der Waals surface area (Å²) in [5, 5.41) is 8.68. The molecule has 0 aromatic rings. The van der Waals surface area contributed by atoms with Crippen molar-refractivity contribution >= 4 is 11.9 Å². The van der Waals surface area contributed by atoms with Gasteiger partial charge in [0.25, 0.3) is 0 Å². The van der Waals surface area contributed by atoms with Crippen molar-refractivity contribution in [3.05, 3.63) is 48.6 Å². The van der Waals surface area contributed by atoms with Crippen molar-refractivity contribution in [2.45, 2.75) is 206 Å². The highest BCUT2D eigenvalue weighted by molar-refractivity contribution is 5.69. The molecule has 0 fully saturated rings. The molecule has 0 aliphatic rings. The number of esters is 1. The first-order valence-corrected chi connectivity index (χ1v) is 19.6. The van der Waals surface area contributed by atoms with Crippen molar-refractivity contribution in [2.75, 3.05) is 0 Å². The number of hydrogen-bond acceptors (Lipinski definition) is 3. The fourth-order valence-corrected chi connectivity index (χ4v) is 5.65. The van der Waals surface area contributed by atoms with E-state index in [0.717, 1.165) is 70.6 Å². The van der Waals surface area contributed by atoms with Gasteiger partial charge in [-0.15, -0.1) is 0 Å². The largest absolute Gasteiger partial charge is 0.481 e. The number of rotatable bonds is 35. The molecule has 0 rings (SSSR count). The standard InChI is InChI=1S/C42H74O4/c1-3-5-7-9-10-11-12-13-14-15-16-17-22-25-28-31-35-39-42(45)46-40(36-32-8-6-4-2)37-33-29-26-23-20-18-19-21-24-27-30-34-38-41(43)44/h10-11,13-14,16-17,25,28,40H,3-9,12,15,18-24,26-27,29-39H2,1-2H3,(H,43,44)/b11-10-,14-13-,17-16-,28-25-. The van der Waals surface area contributed by atoms with Crippen molar-refractivity contribution in [3.8, 4) is 0 Å². The summed E-state index contributed by atoms with van der Waals surface area (Å²) < 4.78 is 5.96. The van der Waals surface area contributed by atoms with Crippen LogP contribution in [-0.4, -0.2) is 23.1 Å². The minimum Gasteiger partial charge on any atom is -0.481 e. The molecule has 0 saturated heterocycles. The number of carbonyl (C=O) groups excluding carboxylic acids is 1. The van der Waals surface area contributed by atoms with E-state index in [-0.39, 0.29) is 12.1 Å². The smallest absolute Gasteiger partial charge is 0.306 e. The molecule has 4 nitrogen and oxygen atoms in total. The fraction of sp³-hybridized carbons (Fsp3) is 0.762. The predicted molar refractivity (Wildman–Crippen MR) is 199 cm³/mol. The van der Waals surface area contributed by atoms with E-state index in [4.69, 9.17) is 9.84 Å². The van der Waals surface area contributed by atoms with Crippen LogP contribution in [-0.2, 0) is 14.3 Å². The lowest BCUT2D eigenvalue weighted by molar-refractivity contribution is -0.150. The first-order valence-electron chi connectivity index (χ1n) is 19.6. The Morgan fingerprint density at radius 1 is 0.478 bits per heavy atom. The first-order chi connectivity index (χ1) is 22.6. The van der Waals surface area contributed by atoms with Crippen molar-refractivity contribution in [1.29, 1.82) is 0 Å². The summed E-state index contributed by atoms with van der Waals surface area (Å²) in [4.78, 5) is 23.1. The van der Waals surface area contributed by atoms with Gasteiger partial charge in [0.1, 0.15) is 6.10 Å². The van der Waals surface area contributed by atoms with Gasteiger partial charge >= 0.3 is 11.9 Å². The van der Waals surface area contributed by atoms with Crippen LogP contribution >= 0.6 is 0 Å². The highest BCUT2D eigenvalue weighted by atomic mass is 16.5. The van der Waals surface area contributed by atoms with Crippen molar-refractivity contribution in [1.82, 2.24) is 0 Å². The predicted octanol–water partition coefficient (Wildman–Crippen LogP) is 13.6. The van der Waals surface area contributed by atoms with Gasteiger partial charge in [0.2, 0.25) is 0 Å². The quantitative estimate of drug-likeness (QED) is 0.0424. The van der Waals surface area contributed by atoms with Crippen LogP contribution in [0.15, 0.2) is 48.6 Å². The second kappa shape index (κ2) is 37.4. The van der Waals surface area contributed by atoms with E-state index in [1.165, 1.54) is 103 Å². The lowest BCUT2D eigenvalue weighted by Gasteiger charge is -2.18. The van der Waals surface area contributed by atoms with E-state index in [2.05, 4.69) is 62.5 Å². The fourth-order valence-electron chi connectivity index (χ4n) is 5.65. The molecule has 4 heteroatoms. The Morgan fingerprint density at radius 3 is 1.35 bits per heavy atom. The molecule has 0 spiro atoms. The van der Waals surface area contributed by atoms with Crippen LogP contribution in [0.2, 0.25) is 0 Å². The molecule has 0 aliphatic heterocycles. The molecule has 0 radical (unpaired) electrons. The summed E-state index contributed by atoms with van der Waals surface area (Å²) in [7, 11) is 0. The van der Waals surface area contributed by atoms with E-state index in [1.54, 1.807) is 0 Å². The van der Waals surface area contributed by atoms with Gasteiger partial charge in [-0.25, -0.2) is 0 Å². The molecule has 1 atom stereocenters. The number of ether oxygens (including phenoxy) is 1. The van der Waals surface area contributed by atoms with E-state index in [9.17, 15) is 9.59 Å². The van der Waals surface area contributed by atoms with Gasteiger partial charge in [-0.2, -0.15) is 0 Å². The van der Waals surface area contributed by atoms with Gasteiger partial charge in [-0.05, 0) is 77.0 Å². The second-order valence-electron chi connectivity index (χ2n) is 13.1. The van der Waals surface area contributed by atoms with Crippen molar-refractivity contribution in [3.63, 3.8) is 0 Å². The monoisotopic (exact) mass is 643 g/mol. The maximum Gasteiger partial charge on any atom is 0.306 e. The minimum absolute atomic E-state index is 0.0155. The Bertz CT molecular complexity index is 779. The van der Waals surface area contributed by atoms with E-state index < -0.39 is 5.97 Å².